The normalized spacial score (nSPS) is 11.9. The number of carbonyl (C=O) groups is 2. The fraction of sp³-hybridized carbons (Fsp3) is 0.375. The number of fused-ring (bicyclic) bond motifs is 1. The molecule has 128 valence electrons. The average Bonchev–Trinajstić information content (AvgIpc) is 2.57. The van der Waals surface area contributed by atoms with Crippen LogP contribution in [-0.4, -0.2) is 48.4 Å². The third-order valence-electron chi connectivity index (χ3n) is 3.37. The second kappa shape index (κ2) is 8.21. The molecule has 0 saturated heterocycles. The van der Waals surface area contributed by atoms with E-state index in [2.05, 4.69) is 15.5 Å². The van der Waals surface area contributed by atoms with Gasteiger partial charge in [0.15, 0.2) is 6.10 Å². The summed E-state index contributed by atoms with van der Waals surface area (Å²) in [5, 5.41) is 9.87. The van der Waals surface area contributed by atoms with Crippen molar-refractivity contribution in [3.05, 3.63) is 40.3 Å². The van der Waals surface area contributed by atoms with Crippen molar-refractivity contribution in [3.8, 4) is 0 Å². The first-order valence-electron chi connectivity index (χ1n) is 7.45. The lowest BCUT2D eigenvalue weighted by atomic mass is 10.1. The number of nitrogens with zero attached hydrogens (tertiary/aromatic N) is 1. The molecule has 0 radical (unpaired) electrons. The van der Waals surface area contributed by atoms with Crippen LogP contribution in [0.2, 0.25) is 0 Å². The molecule has 2 aromatic rings. The number of amides is 1. The van der Waals surface area contributed by atoms with Crippen LogP contribution >= 0.6 is 0 Å². The molecule has 0 spiro atoms. The van der Waals surface area contributed by atoms with Gasteiger partial charge in [0.25, 0.3) is 11.5 Å². The van der Waals surface area contributed by atoms with E-state index in [1.165, 1.54) is 14.0 Å². The topological polar surface area (TPSA) is 110 Å². The second-order valence-electron chi connectivity index (χ2n) is 5.14. The lowest BCUT2D eigenvalue weighted by Crippen LogP contribution is -2.37. The number of benzene rings is 1. The Bertz CT molecular complexity index is 787. The third kappa shape index (κ3) is 4.39. The van der Waals surface area contributed by atoms with E-state index < -0.39 is 18.0 Å². The zero-order chi connectivity index (χ0) is 17.5. The van der Waals surface area contributed by atoms with Gasteiger partial charge in [0.1, 0.15) is 0 Å². The van der Waals surface area contributed by atoms with Crippen molar-refractivity contribution >= 4 is 22.6 Å². The highest BCUT2D eigenvalue weighted by Crippen LogP contribution is 2.13. The number of aromatic amines is 1. The maximum Gasteiger partial charge on any atom is 0.312 e. The van der Waals surface area contributed by atoms with Gasteiger partial charge in [-0.05, 0) is 13.0 Å². The van der Waals surface area contributed by atoms with Gasteiger partial charge in [-0.3, -0.25) is 14.4 Å². The third-order valence-corrected chi connectivity index (χ3v) is 3.37. The fourth-order valence-electron chi connectivity index (χ4n) is 2.16. The molecule has 0 aliphatic heterocycles. The van der Waals surface area contributed by atoms with Gasteiger partial charge in [-0.2, -0.15) is 5.10 Å². The quantitative estimate of drug-likeness (QED) is 0.552. The highest BCUT2D eigenvalue weighted by molar-refractivity contribution is 5.88. The zero-order valence-electron chi connectivity index (χ0n) is 13.5. The van der Waals surface area contributed by atoms with Gasteiger partial charge in [-0.15, -0.1) is 0 Å². The predicted molar refractivity (Wildman–Crippen MR) is 86.5 cm³/mol. The van der Waals surface area contributed by atoms with Crippen LogP contribution in [-0.2, 0) is 25.5 Å². The van der Waals surface area contributed by atoms with Crippen molar-refractivity contribution in [1.29, 1.82) is 0 Å². The molecule has 0 unspecified atom stereocenters. The number of H-pyrrole nitrogens is 1. The largest absolute Gasteiger partial charge is 0.452 e. The fourth-order valence-corrected chi connectivity index (χ4v) is 2.16. The van der Waals surface area contributed by atoms with Crippen LogP contribution in [0.15, 0.2) is 29.1 Å². The Kier molecular flexibility index (Phi) is 6.02. The number of ether oxygens (including phenoxy) is 2. The van der Waals surface area contributed by atoms with Gasteiger partial charge in [0, 0.05) is 19.0 Å². The summed E-state index contributed by atoms with van der Waals surface area (Å²) in [6, 6.07) is 6.84. The summed E-state index contributed by atoms with van der Waals surface area (Å²) in [7, 11) is 1.52. The number of nitrogens with one attached hydrogen (secondary N) is 2. The lowest BCUT2D eigenvalue weighted by Gasteiger charge is -2.13. The van der Waals surface area contributed by atoms with E-state index in [1.54, 1.807) is 24.3 Å². The molecule has 8 nitrogen and oxygen atoms in total. The average molecular weight is 333 g/mol. The van der Waals surface area contributed by atoms with Gasteiger partial charge in [0.05, 0.1) is 24.1 Å². The molecule has 8 heteroatoms. The predicted octanol–water partition coefficient (Wildman–Crippen LogP) is 0.160. The monoisotopic (exact) mass is 333 g/mol. The van der Waals surface area contributed by atoms with E-state index in [0.29, 0.717) is 29.6 Å². The standard InChI is InChI=1S/C16H19N3O5/c1-10(15(21)17-7-8-23-2)24-14(20)9-13-11-5-3-4-6-12(11)16(22)19-18-13/h3-6,10H,7-9H2,1-2H3,(H,17,21)(H,19,22)/t10-/m1/s1. The van der Waals surface area contributed by atoms with Crippen molar-refractivity contribution in [3.63, 3.8) is 0 Å². The summed E-state index contributed by atoms with van der Waals surface area (Å²) in [5.74, 6) is -1.01. The van der Waals surface area contributed by atoms with E-state index in [0.717, 1.165) is 0 Å². The molecule has 1 aromatic carbocycles. The molecule has 0 bridgehead atoms. The molecule has 1 aromatic heterocycles. The van der Waals surface area contributed by atoms with E-state index >= 15 is 0 Å². The summed E-state index contributed by atoms with van der Waals surface area (Å²) < 4.78 is 9.92. The molecular weight excluding hydrogens is 314 g/mol. The molecule has 0 aliphatic carbocycles. The molecule has 1 atom stereocenters. The van der Waals surface area contributed by atoms with E-state index in [9.17, 15) is 14.4 Å². The molecular formula is C16H19N3O5. The molecule has 2 N–H and O–H groups in total. The minimum absolute atomic E-state index is 0.146. The summed E-state index contributed by atoms with van der Waals surface area (Å²) >= 11 is 0. The maximum atomic E-state index is 12.0. The first-order chi connectivity index (χ1) is 11.5. The van der Waals surface area contributed by atoms with Crippen LogP contribution in [0.25, 0.3) is 10.8 Å². The van der Waals surface area contributed by atoms with E-state index in [4.69, 9.17) is 9.47 Å². The molecule has 2 rings (SSSR count). The minimum atomic E-state index is -0.927. The van der Waals surface area contributed by atoms with Crippen molar-refractivity contribution in [2.75, 3.05) is 20.3 Å². The van der Waals surface area contributed by atoms with Gasteiger partial charge >= 0.3 is 5.97 Å². The number of aromatic nitrogens is 2. The van der Waals surface area contributed by atoms with Crippen LogP contribution < -0.4 is 10.9 Å². The first-order valence-corrected chi connectivity index (χ1v) is 7.45. The van der Waals surface area contributed by atoms with E-state index in [-0.39, 0.29) is 12.0 Å². The Balaban J connectivity index is 2.01. The van der Waals surface area contributed by atoms with Gasteiger partial charge in [-0.25, -0.2) is 5.10 Å². The van der Waals surface area contributed by atoms with Gasteiger partial charge in [0.2, 0.25) is 0 Å². The molecule has 1 heterocycles. The highest BCUT2D eigenvalue weighted by atomic mass is 16.5. The summed E-state index contributed by atoms with van der Waals surface area (Å²) in [5.41, 5.74) is 0.0656. The van der Waals surface area contributed by atoms with Crippen molar-refractivity contribution in [1.82, 2.24) is 15.5 Å². The number of hydrogen-bond donors (Lipinski definition) is 2. The Morgan fingerprint density at radius 1 is 1.29 bits per heavy atom. The lowest BCUT2D eigenvalue weighted by molar-refractivity contribution is -0.154. The zero-order valence-corrected chi connectivity index (χ0v) is 13.5. The summed E-state index contributed by atoms with van der Waals surface area (Å²) in [6.07, 6.45) is -1.07. The number of methoxy groups -OCH3 is 1. The summed E-state index contributed by atoms with van der Waals surface area (Å²) in [4.78, 5) is 35.5. The number of hydrogen-bond acceptors (Lipinski definition) is 6. The number of rotatable bonds is 7. The number of esters is 1. The second-order valence-corrected chi connectivity index (χ2v) is 5.14. The maximum absolute atomic E-state index is 12.0. The highest BCUT2D eigenvalue weighted by Gasteiger charge is 2.19. The molecule has 24 heavy (non-hydrogen) atoms. The first kappa shape index (κ1) is 17.6. The van der Waals surface area contributed by atoms with Crippen molar-refractivity contribution in [2.45, 2.75) is 19.4 Å². The van der Waals surface area contributed by atoms with Crippen LogP contribution in [0.4, 0.5) is 0 Å². The molecule has 0 fully saturated rings. The molecule has 1 amide bonds. The summed E-state index contributed by atoms with van der Waals surface area (Å²) in [6.45, 7) is 2.20. The molecule has 0 aliphatic rings. The van der Waals surface area contributed by atoms with Crippen LogP contribution in [0.3, 0.4) is 0 Å². The minimum Gasteiger partial charge on any atom is -0.452 e. The van der Waals surface area contributed by atoms with Crippen molar-refractivity contribution in [2.24, 2.45) is 0 Å². The van der Waals surface area contributed by atoms with Crippen LogP contribution in [0.5, 0.6) is 0 Å². The van der Waals surface area contributed by atoms with Crippen molar-refractivity contribution < 1.29 is 19.1 Å². The number of carbonyl (C=O) groups excluding carboxylic acids is 2. The SMILES string of the molecule is COCCNC(=O)[C@@H](C)OC(=O)Cc1n[nH]c(=O)c2ccccc12. The van der Waals surface area contributed by atoms with Crippen LogP contribution in [0.1, 0.15) is 12.6 Å². The smallest absolute Gasteiger partial charge is 0.312 e. The van der Waals surface area contributed by atoms with Gasteiger partial charge < -0.3 is 14.8 Å². The Labute approximate surface area is 138 Å². The van der Waals surface area contributed by atoms with Crippen LogP contribution in [0, 0.1) is 0 Å². The Morgan fingerprint density at radius 2 is 2.00 bits per heavy atom. The Hall–Kier alpha value is -2.74. The van der Waals surface area contributed by atoms with Gasteiger partial charge in [-0.1, -0.05) is 18.2 Å². The Morgan fingerprint density at radius 3 is 2.71 bits per heavy atom. The van der Waals surface area contributed by atoms with E-state index in [1.807, 2.05) is 0 Å². The molecule has 0 saturated carbocycles.